The van der Waals surface area contributed by atoms with E-state index in [0.717, 1.165) is 5.69 Å². The van der Waals surface area contributed by atoms with Crippen LogP contribution in [0.3, 0.4) is 0 Å². The Morgan fingerprint density at radius 2 is 1.92 bits per heavy atom. The van der Waals surface area contributed by atoms with Gasteiger partial charge in [-0.2, -0.15) is 0 Å². The molecule has 2 aromatic heterocycles. The maximum absolute atomic E-state index is 12.9. The van der Waals surface area contributed by atoms with Crippen LogP contribution in [-0.2, 0) is 0 Å². The van der Waals surface area contributed by atoms with Gasteiger partial charge in [-0.3, -0.25) is 4.79 Å². The molecule has 3 rings (SSSR count). The molecule has 128 valence electrons. The van der Waals surface area contributed by atoms with Gasteiger partial charge in [0.2, 0.25) is 0 Å². The fourth-order valence-corrected chi connectivity index (χ4v) is 4.38. The van der Waals surface area contributed by atoms with Crippen molar-refractivity contribution in [3.8, 4) is 10.8 Å². The Kier molecular flexibility index (Phi) is 5.23. The van der Waals surface area contributed by atoms with Gasteiger partial charge in [0.05, 0.1) is 5.69 Å². The Labute approximate surface area is 147 Å². The highest BCUT2D eigenvalue weighted by Crippen LogP contribution is 2.31. The van der Waals surface area contributed by atoms with Crippen molar-refractivity contribution in [2.75, 3.05) is 7.05 Å². The molecule has 1 saturated carbocycles. The molecule has 0 N–H and O–H groups in total. The molecule has 0 radical (unpaired) electrons. The number of hydrogen-bond acceptors (Lipinski definition) is 5. The van der Waals surface area contributed by atoms with Crippen LogP contribution in [0.2, 0.25) is 0 Å². The number of carbonyl (C=O) groups excluding carboxylic acids is 1. The van der Waals surface area contributed by atoms with E-state index in [4.69, 9.17) is 0 Å². The second-order valence-electron chi connectivity index (χ2n) is 6.56. The summed E-state index contributed by atoms with van der Waals surface area (Å²) in [4.78, 5) is 28.5. The van der Waals surface area contributed by atoms with Gasteiger partial charge < -0.3 is 4.90 Å². The van der Waals surface area contributed by atoms with Crippen molar-refractivity contribution in [3.63, 3.8) is 0 Å². The van der Waals surface area contributed by atoms with Gasteiger partial charge in [-0.1, -0.05) is 19.3 Å². The van der Waals surface area contributed by atoms with Crippen molar-refractivity contribution < 1.29 is 4.79 Å². The molecule has 2 heterocycles. The monoisotopic (exact) mass is 344 g/mol. The molecule has 1 aliphatic carbocycles. The minimum Gasteiger partial charge on any atom is -0.338 e. The molecule has 2 aromatic rings. The number of nitrogens with zero attached hydrogens (tertiary/aromatic N) is 4. The minimum absolute atomic E-state index is 0.0604. The van der Waals surface area contributed by atoms with E-state index in [1.165, 1.54) is 43.4 Å². The SMILES string of the molecule is Cc1nc(-c2ncccn2)sc1C(=O)N(C)C(C)C1CCCCC1. The summed E-state index contributed by atoms with van der Waals surface area (Å²) in [5, 5.41) is 0.704. The third kappa shape index (κ3) is 3.48. The Bertz CT molecular complexity index is 694. The van der Waals surface area contributed by atoms with E-state index < -0.39 is 0 Å². The normalized spacial score (nSPS) is 16.8. The highest BCUT2D eigenvalue weighted by molar-refractivity contribution is 7.17. The van der Waals surface area contributed by atoms with Gasteiger partial charge in [-0.15, -0.1) is 11.3 Å². The lowest BCUT2D eigenvalue weighted by atomic mass is 9.84. The molecule has 1 aliphatic rings. The first-order chi connectivity index (χ1) is 11.6. The zero-order valence-corrected chi connectivity index (χ0v) is 15.3. The maximum atomic E-state index is 12.9. The van der Waals surface area contributed by atoms with E-state index in [9.17, 15) is 4.79 Å². The fraction of sp³-hybridized carbons (Fsp3) is 0.556. The summed E-state index contributed by atoms with van der Waals surface area (Å²) in [7, 11) is 1.92. The van der Waals surface area contributed by atoms with Crippen molar-refractivity contribution >= 4 is 17.2 Å². The van der Waals surface area contributed by atoms with Crippen LogP contribution in [0.25, 0.3) is 10.8 Å². The molecule has 1 amide bonds. The van der Waals surface area contributed by atoms with Gasteiger partial charge in [0, 0.05) is 25.5 Å². The summed E-state index contributed by atoms with van der Waals surface area (Å²) in [5.41, 5.74) is 0.759. The number of hydrogen-bond donors (Lipinski definition) is 0. The molecule has 24 heavy (non-hydrogen) atoms. The predicted octanol–water partition coefficient (Wildman–Crippen LogP) is 3.95. The van der Waals surface area contributed by atoms with E-state index in [2.05, 4.69) is 21.9 Å². The Hall–Kier alpha value is -1.82. The van der Waals surface area contributed by atoms with E-state index in [-0.39, 0.29) is 11.9 Å². The van der Waals surface area contributed by atoms with Gasteiger partial charge in [0.25, 0.3) is 5.91 Å². The average Bonchev–Trinajstić information content (AvgIpc) is 3.03. The lowest BCUT2D eigenvalue weighted by molar-refractivity contribution is 0.0669. The standard InChI is InChI=1S/C18H24N4OS/c1-12-15(24-17(21-12)16-19-10-7-11-20-16)18(23)22(3)13(2)14-8-5-4-6-9-14/h7,10-11,13-14H,4-6,8-9H2,1-3H3. The van der Waals surface area contributed by atoms with Crippen molar-refractivity contribution in [2.24, 2.45) is 5.92 Å². The Morgan fingerprint density at radius 3 is 2.58 bits per heavy atom. The molecular formula is C18H24N4OS. The number of amides is 1. The third-order valence-electron chi connectivity index (χ3n) is 5.01. The second kappa shape index (κ2) is 7.38. The fourth-order valence-electron chi connectivity index (χ4n) is 3.38. The maximum Gasteiger partial charge on any atom is 0.265 e. The van der Waals surface area contributed by atoms with Crippen LogP contribution >= 0.6 is 11.3 Å². The summed E-state index contributed by atoms with van der Waals surface area (Å²) in [6.07, 6.45) is 9.73. The smallest absolute Gasteiger partial charge is 0.265 e. The largest absolute Gasteiger partial charge is 0.338 e. The van der Waals surface area contributed by atoms with E-state index in [1.54, 1.807) is 18.5 Å². The minimum atomic E-state index is 0.0604. The molecule has 0 aliphatic heterocycles. The molecule has 0 aromatic carbocycles. The highest BCUT2D eigenvalue weighted by Gasteiger charge is 2.28. The molecule has 1 fully saturated rings. The Balaban J connectivity index is 1.78. The van der Waals surface area contributed by atoms with Gasteiger partial charge in [-0.25, -0.2) is 15.0 Å². The van der Waals surface area contributed by atoms with E-state index in [1.807, 2.05) is 18.9 Å². The van der Waals surface area contributed by atoms with Crippen molar-refractivity contribution in [1.29, 1.82) is 0 Å². The number of aryl methyl sites for hydroxylation is 1. The van der Waals surface area contributed by atoms with Crippen molar-refractivity contribution in [1.82, 2.24) is 19.9 Å². The van der Waals surface area contributed by atoms with E-state index in [0.29, 0.717) is 21.6 Å². The lowest BCUT2D eigenvalue weighted by Crippen LogP contribution is -2.40. The van der Waals surface area contributed by atoms with Crippen LogP contribution in [0.1, 0.15) is 54.4 Å². The lowest BCUT2D eigenvalue weighted by Gasteiger charge is -2.34. The zero-order valence-electron chi connectivity index (χ0n) is 14.5. The van der Waals surface area contributed by atoms with Crippen LogP contribution in [0, 0.1) is 12.8 Å². The summed E-state index contributed by atoms with van der Waals surface area (Å²) >= 11 is 1.39. The van der Waals surface area contributed by atoms with Crippen LogP contribution in [0.4, 0.5) is 0 Å². The van der Waals surface area contributed by atoms with Crippen LogP contribution in [-0.4, -0.2) is 38.8 Å². The first-order valence-corrected chi connectivity index (χ1v) is 9.41. The van der Waals surface area contributed by atoms with Crippen LogP contribution < -0.4 is 0 Å². The van der Waals surface area contributed by atoms with Crippen LogP contribution in [0.5, 0.6) is 0 Å². The second-order valence-corrected chi connectivity index (χ2v) is 7.56. The number of thiazole rings is 1. The van der Waals surface area contributed by atoms with Gasteiger partial charge in [0.15, 0.2) is 10.8 Å². The van der Waals surface area contributed by atoms with Crippen LogP contribution in [0.15, 0.2) is 18.5 Å². The summed E-state index contributed by atoms with van der Waals surface area (Å²) < 4.78 is 0. The highest BCUT2D eigenvalue weighted by atomic mass is 32.1. The summed E-state index contributed by atoms with van der Waals surface area (Å²) in [6, 6.07) is 2.03. The molecule has 5 nitrogen and oxygen atoms in total. The van der Waals surface area contributed by atoms with Crippen molar-refractivity contribution in [2.45, 2.75) is 52.0 Å². The zero-order chi connectivity index (χ0) is 17.1. The average molecular weight is 344 g/mol. The number of rotatable bonds is 4. The van der Waals surface area contributed by atoms with Gasteiger partial charge in [-0.05, 0) is 38.7 Å². The molecule has 0 spiro atoms. The molecule has 0 bridgehead atoms. The molecular weight excluding hydrogens is 320 g/mol. The van der Waals surface area contributed by atoms with E-state index >= 15 is 0 Å². The topological polar surface area (TPSA) is 59.0 Å². The summed E-state index contributed by atoms with van der Waals surface area (Å²) in [6.45, 7) is 4.06. The number of carbonyl (C=O) groups is 1. The molecule has 0 saturated heterocycles. The molecule has 6 heteroatoms. The Morgan fingerprint density at radius 1 is 1.25 bits per heavy atom. The first-order valence-electron chi connectivity index (χ1n) is 8.60. The quantitative estimate of drug-likeness (QED) is 0.842. The van der Waals surface area contributed by atoms with Gasteiger partial charge in [0.1, 0.15) is 4.88 Å². The predicted molar refractivity (Wildman–Crippen MR) is 96.0 cm³/mol. The first kappa shape index (κ1) is 17.0. The summed E-state index contributed by atoms with van der Waals surface area (Å²) in [5.74, 6) is 1.25. The molecule has 1 atom stereocenters. The number of aromatic nitrogens is 3. The third-order valence-corrected chi connectivity index (χ3v) is 6.15. The molecule has 1 unspecified atom stereocenters. The van der Waals surface area contributed by atoms with Crippen molar-refractivity contribution in [3.05, 3.63) is 29.0 Å². The van der Waals surface area contributed by atoms with Gasteiger partial charge >= 0.3 is 0 Å².